The predicted octanol–water partition coefficient (Wildman–Crippen LogP) is 2.89. The highest BCUT2D eigenvalue weighted by Gasteiger charge is 2.31. The van der Waals surface area contributed by atoms with Gasteiger partial charge in [-0.1, -0.05) is 42.5 Å². The van der Waals surface area contributed by atoms with Gasteiger partial charge in [0.05, 0.1) is 29.7 Å². The fourth-order valence-corrected chi connectivity index (χ4v) is 5.27. The summed E-state index contributed by atoms with van der Waals surface area (Å²) in [6.07, 6.45) is 0.773. The molecule has 6 nitrogen and oxygen atoms in total. The molecule has 140 valence electrons. The Balaban J connectivity index is 1.51. The second-order valence-corrected chi connectivity index (χ2v) is 9.31. The molecular formula is C20H21N3O3S. The Bertz CT molecular complexity index is 1120. The lowest BCUT2D eigenvalue weighted by molar-refractivity contribution is -0.115. The van der Waals surface area contributed by atoms with Crippen LogP contribution in [0.2, 0.25) is 0 Å². The maximum Gasteiger partial charge on any atom is 0.229 e. The third-order valence-corrected chi connectivity index (χ3v) is 6.61. The van der Waals surface area contributed by atoms with Gasteiger partial charge in [-0.25, -0.2) is 13.1 Å². The smallest absolute Gasteiger partial charge is 0.229 e. The van der Waals surface area contributed by atoms with Crippen LogP contribution in [0.15, 0.2) is 48.5 Å². The van der Waals surface area contributed by atoms with Crippen molar-refractivity contribution in [3.8, 4) is 0 Å². The minimum absolute atomic E-state index is 0.0711. The summed E-state index contributed by atoms with van der Waals surface area (Å²) in [5.41, 5.74) is 1.68. The first kappa shape index (κ1) is 17.7. The first-order valence-corrected chi connectivity index (χ1v) is 10.8. The van der Waals surface area contributed by atoms with E-state index in [1.807, 2.05) is 49.4 Å². The molecule has 3 aromatic rings. The van der Waals surface area contributed by atoms with Crippen LogP contribution in [0.4, 0.5) is 5.82 Å². The molecule has 1 aromatic heterocycles. The molecule has 1 aliphatic heterocycles. The maximum atomic E-state index is 12.6. The fourth-order valence-electron chi connectivity index (χ4n) is 3.58. The SMILES string of the molecule is Cc1cc(NC(=O)Cc2ccc3ccccc3c2)n(C2CCS(=O)(=O)C2)n1. The molecule has 0 saturated carbocycles. The van der Waals surface area contributed by atoms with Crippen LogP contribution in [0.3, 0.4) is 0 Å². The number of benzene rings is 2. The van der Waals surface area contributed by atoms with Gasteiger partial charge in [-0.15, -0.1) is 0 Å². The van der Waals surface area contributed by atoms with E-state index in [-0.39, 0.29) is 29.9 Å². The molecule has 0 aliphatic carbocycles. The van der Waals surface area contributed by atoms with Crippen molar-refractivity contribution in [2.45, 2.75) is 25.8 Å². The molecule has 1 amide bonds. The van der Waals surface area contributed by atoms with Crippen molar-refractivity contribution in [2.24, 2.45) is 0 Å². The molecule has 2 aromatic carbocycles. The number of fused-ring (bicyclic) bond motifs is 1. The van der Waals surface area contributed by atoms with Crippen molar-refractivity contribution in [1.29, 1.82) is 0 Å². The lowest BCUT2D eigenvalue weighted by atomic mass is 10.0. The number of amides is 1. The molecule has 27 heavy (non-hydrogen) atoms. The lowest BCUT2D eigenvalue weighted by Crippen LogP contribution is -2.20. The van der Waals surface area contributed by atoms with Crippen LogP contribution in [-0.4, -0.2) is 35.6 Å². The van der Waals surface area contributed by atoms with Crippen molar-refractivity contribution >= 4 is 32.3 Å². The molecule has 7 heteroatoms. The molecule has 1 unspecified atom stereocenters. The van der Waals surface area contributed by atoms with Crippen molar-refractivity contribution < 1.29 is 13.2 Å². The molecule has 0 radical (unpaired) electrons. The zero-order valence-electron chi connectivity index (χ0n) is 15.1. The average molecular weight is 383 g/mol. The third-order valence-electron chi connectivity index (χ3n) is 4.86. The van der Waals surface area contributed by atoms with Crippen molar-refractivity contribution in [2.75, 3.05) is 16.8 Å². The Kier molecular flexibility index (Phi) is 4.47. The number of aryl methyl sites for hydroxylation is 1. The molecule has 1 atom stereocenters. The number of hydrogen-bond donors (Lipinski definition) is 1. The van der Waals surface area contributed by atoms with Crippen LogP contribution in [0, 0.1) is 6.92 Å². The van der Waals surface area contributed by atoms with E-state index in [0.717, 1.165) is 22.0 Å². The van der Waals surface area contributed by atoms with Crippen molar-refractivity contribution in [1.82, 2.24) is 9.78 Å². The molecule has 4 rings (SSSR count). The Morgan fingerprint density at radius 2 is 1.96 bits per heavy atom. The molecular weight excluding hydrogens is 362 g/mol. The van der Waals surface area contributed by atoms with E-state index in [4.69, 9.17) is 0 Å². The topological polar surface area (TPSA) is 81.1 Å². The summed E-state index contributed by atoms with van der Waals surface area (Å²) in [5.74, 6) is 0.649. The van der Waals surface area contributed by atoms with E-state index in [0.29, 0.717) is 12.2 Å². The summed E-state index contributed by atoms with van der Waals surface area (Å²) in [7, 11) is -3.02. The highest BCUT2D eigenvalue weighted by atomic mass is 32.2. The number of sulfone groups is 1. The summed E-state index contributed by atoms with van der Waals surface area (Å²) in [6, 6.07) is 15.6. The summed E-state index contributed by atoms with van der Waals surface area (Å²) in [5, 5.41) is 9.53. The van der Waals surface area contributed by atoms with Gasteiger partial charge in [-0.3, -0.25) is 4.79 Å². The number of anilines is 1. The Labute approximate surface area is 158 Å². The number of carbonyl (C=O) groups is 1. The first-order chi connectivity index (χ1) is 12.9. The second kappa shape index (κ2) is 6.81. The lowest BCUT2D eigenvalue weighted by Gasteiger charge is -2.14. The van der Waals surface area contributed by atoms with Gasteiger partial charge in [0.15, 0.2) is 9.84 Å². The van der Waals surface area contributed by atoms with Crippen LogP contribution < -0.4 is 5.32 Å². The zero-order chi connectivity index (χ0) is 19.0. The predicted molar refractivity (Wildman–Crippen MR) is 106 cm³/mol. The highest BCUT2D eigenvalue weighted by molar-refractivity contribution is 7.91. The summed E-state index contributed by atoms with van der Waals surface area (Å²) in [4.78, 5) is 12.6. The van der Waals surface area contributed by atoms with E-state index < -0.39 is 9.84 Å². The number of carbonyl (C=O) groups excluding carboxylic acids is 1. The number of nitrogens with zero attached hydrogens (tertiary/aromatic N) is 2. The second-order valence-electron chi connectivity index (χ2n) is 7.08. The summed E-state index contributed by atoms with van der Waals surface area (Å²) < 4.78 is 25.2. The number of rotatable bonds is 4. The van der Waals surface area contributed by atoms with Crippen LogP contribution >= 0.6 is 0 Å². The van der Waals surface area contributed by atoms with Crippen LogP contribution in [0.5, 0.6) is 0 Å². The van der Waals surface area contributed by atoms with Crippen LogP contribution in [0.1, 0.15) is 23.7 Å². The van der Waals surface area contributed by atoms with Gasteiger partial charge in [0.1, 0.15) is 5.82 Å². The first-order valence-electron chi connectivity index (χ1n) is 8.94. The fraction of sp³-hybridized carbons (Fsp3) is 0.300. The maximum absolute atomic E-state index is 12.6. The van der Waals surface area contributed by atoms with Crippen molar-refractivity contribution in [3.63, 3.8) is 0 Å². The van der Waals surface area contributed by atoms with E-state index in [1.54, 1.807) is 10.7 Å². The summed E-state index contributed by atoms with van der Waals surface area (Å²) >= 11 is 0. The molecule has 1 aliphatic rings. The van der Waals surface area contributed by atoms with Gasteiger partial charge in [0.25, 0.3) is 0 Å². The largest absolute Gasteiger partial charge is 0.311 e. The van der Waals surface area contributed by atoms with E-state index in [9.17, 15) is 13.2 Å². The number of hydrogen-bond acceptors (Lipinski definition) is 4. The zero-order valence-corrected chi connectivity index (χ0v) is 15.9. The van der Waals surface area contributed by atoms with E-state index >= 15 is 0 Å². The van der Waals surface area contributed by atoms with E-state index in [2.05, 4.69) is 10.4 Å². The average Bonchev–Trinajstić information content (AvgIpc) is 3.16. The molecule has 0 spiro atoms. The van der Waals surface area contributed by atoms with E-state index in [1.165, 1.54) is 0 Å². The molecule has 1 fully saturated rings. The van der Waals surface area contributed by atoms with Gasteiger partial charge in [0, 0.05) is 6.07 Å². The van der Waals surface area contributed by atoms with Gasteiger partial charge in [-0.2, -0.15) is 5.10 Å². The summed E-state index contributed by atoms with van der Waals surface area (Å²) in [6.45, 7) is 1.83. The standard InChI is InChI=1S/C20H21N3O3S/c1-14-10-19(23(22-14)18-8-9-27(25,26)13-18)21-20(24)12-15-6-7-16-4-2-3-5-17(16)11-15/h2-7,10-11,18H,8-9,12-13H2,1H3,(H,21,24). The normalized spacial score (nSPS) is 18.6. The molecule has 0 bridgehead atoms. The Morgan fingerprint density at radius 3 is 2.70 bits per heavy atom. The molecule has 1 N–H and O–H groups in total. The number of nitrogens with one attached hydrogen (secondary N) is 1. The Hall–Kier alpha value is -2.67. The molecule has 1 saturated heterocycles. The molecule has 2 heterocycles. The third kappa shape index (κ3) is 3.88. The van der Waals surface area contributed by atoms with Gasteiger partial charge >= 0.3 is 0 Å². The minimum atomic E-state index is -3.02. The van der Waals surface area contributed by atoms with Crippen molar-refractivity contribution in [3.05, 3.63) is 59.8 Å². The van der Waals surface area contributed by atoms with Crippen LogP contribution in [0.25, 0.3) is 10.8 Å². The van der Waals surface area contributed by atoms with Gasteiger partial charge < -0.3 is 5.32 Å². The highest BCUT2D eigenvalue weighted by Crippen LogP contribution is 2.27. The van der Waals surface area contributed by atoms with Gasteiger partial charge in [-0.05, 0) is 29.7 Å². The quantitative estimate of drug-likeness (QED) is 0.751. The van der Waals surface area contributed by atoms with Gasteiger partial charge in [0.2, 0.25) is 5.91 Å². The number of aromatic nitrogens is 2. The Morgan fingerprint density at radius 1 is 1.19 bits per heavy atom. The monoisotopic (exact) mass is 383 g/mol. The minimum Gasteiger partial charge on any atom is -0.311 e. The van der Waals surface area contributed by atoms with Crippen LogP contribution in [-0.2, 0) is 21.1 Å².